The van der Waals surface area contributed by atoms with E-state index in [1.165, 1.54) is 7.69 Å². The van der Waals surface area contributed by atoms with Gasteiger partial charge in [-0.05, 0) is 24.3 Å². The fraction of sp³-hybridized carbons (Fsp3) is 0. The van der Waals surface area contributed by atoms with Gasteiger partial charge in [0, 0.05) is 6.20 Å². The van der Waals surface area contributed by atoms with Crippen molar-refractivity contribution in [2.24, 2.45) is 0 Å². The molecule has 73 valence electrons. The molecule has 0 saturated heterocycles. The molecular formula is C11H9BNO2. The number of hydrogen-bond acceptors (Lipinski definition) is 3. The highest BCUT2D eigenvalue weighted by Crippen LogP contribution is 2.08. The second-order valence-corrected chi connectivity index (χ2v) is 2.81. The van der Waals surface area contributed by atoms with Gasteiger partial charge in [0.15, 0.2) is 5.88 Å². The molecule has 0 unspecified atom stereocenters. The van der Waals surface area contributed by atoms with Gasteiger partial charge in [0.2, 0.25) is 0 Å². The summed E-state index contributed by atoms with van der Waals surface area (Å²) in [6.45, 7) is 0. The highest BCUT2D eigenvalue weighted by Gasteiger charge is 2.00. The summed E-state index contributed by atoms with van der Waals surface area (Å²) in [6, 6.07) is 14.8. The zero-order valence-corrected chi connectivity index (χ0v) is 8.04. The molecule has 0 saturated carbocycles. The van der Waals surface area contributed by atoms with Gasteiger partial charge < -0.3 is 9.31 Å². The van der Waals surface area contributed by atoms with Gasteiger partial charge in [0.05, 0.1) is 0 Å². The Morgan fingerprint density at radius 2 is 1.67 bits per heavy atom. The molecule has 1 radical (unpaired) electrons. The van der Waals surface area contributed by atoms with Gasteiger partial charge >= 0.3 is 7.69 Å². The predicted molar refractivity (Wildman–Crippen MR) is 57.7 cm³/mol. The number of pyridine rings is 1. The van der Waals surface area contributed by atoms with E-state index in [1.54, 1.807) is 12.3 Å². The van der Waals surface area contributed by atoms with Crippen molar-refractivity contribution >= 4 is 7.69 Å². The summed E-state index contributed by atoms with van der Waals surface area (Å²) in [4.78, 5) is 3.98. The highest BCUT2D eigenvalue weighted by atomic mass is 16.6. The molecule has 0 aliphatic rings. The normalized spacial score (nSPS) is 9.33. The Hall–Kier alpha value is -1.97. The van der Waals surface area contributed by atoms with Crippen LogP contribution in [0.1, 0.15) is 0 Å². The maximum Gasteiger partial charge on any atom is 0.659 e. The van der Waals surface area contributed by atoms with Crippen LogP contribution >= 0.6 is 0 Å². The molecule has 3 nitrogen and oxygen atoms in total. The maximum atomic E-state index is 5.22. The van der Waals surface area contributed by atoms with E-state index in [2.05, 4.69) is 4.98 Å². The first kappa shape index (κ1) is 9.58. The van der Waals surface area contributed by atoms with E-state index < -0.39 is 0 Å². The first-order chi connectivity index (χ1) is 7.45. The predicted octanol–water partition coefficient (Wildman–Crippen LogP) is 2.07. The quantitative estimate of drug-likeness (QED) is 0.704. The molecule has 1 heterocycles. The average molecular weight is 198 g/mol. The zero-order chi connectivity index (χ0) is 10.3. The lowest BCUT2D eigenvalue weighted by molar-refractivity contribution is 0.448. The number of benzene rings is 1. The first-order valence-corrected chi connectivity index (χ1v) is 4.56. The van der Waals surface area contributed by atoms with Crippen molar-refractivity contribution in [3.05, 3.63) is 54.7 Å². The molecule has 0 aliphatic heterocycles. The lowest BCUT2D eigenvalue weighted by atomic mass is 10.3. The van der Waals surface area contributed by atoms with Crippen molar-refractivity contribution < 1.29 is 9.31 Å². The summed E-state index contributed by atoms with van der Waals surface area (Å²) in [5.41, 5.74) is 0. The van der Waals surface area contributed by atoms with Crippen LogP contribution in [0, 0.1) is 0 Å². The third kappa shape index (κ3) is 3.02. The molecule has 0 N–H and O–H groups in total. The third-order valence-electron chi connectivity index (χ3n) is 1.73. The summed E-state index contributed by atoms with van der Waals surface area (Å²) in [5.74, 6) is 1.24. The van der Waals surface area contributed by atoms with Crippen LogP contribution in [-0.4, -0.2) is 12.7 Å². The molecule has 0 fully saturated rings. The fourth-order valence-electron chi connectivity index (χ4n) is 1.04. The SMILES string of the molecule is [B](Oc1ccccc1)Oc1ccccn1. The monoisotopic (exact) mass is 198 g/mol. The van der Waals surface area contributed by atoms with Gasteiger partial charge in [0.1, 0.15) is 5.75 Å². The van der Waals surface area contributed by atoms with Crippen molar-refractivity contribution in [3.8, 4) is 11.6 Å². The first-order valence-electron chi connectivity index (χ1n) is 4.56. The second kappa shape index (κ2) is 5.05. The van der Waals surface area contributed by atoms with Crippen LogP contribution < -0.4 is 9.31 Å². The minimum Gasteiger partial charge on any atom is -0.526 e. The van der Waals surface area contributed by atoms with Gasteiger partial charge in [-0.15, -0.1) is 0 Å². The Morgan fingerprint density at radius 1 is 0.867 bits per heavy atom. The lowest BCUT2D eigenvalue weighted by Crippen LogP contribution is -2.11. The highest BCUT2D eigenvalue weighted by molar-refractivity contribution is 6.20. The summed E-state index contributed by atoms with van der Waals surface area (Å²) >= 11 is 0. The molecule has 2 aromatic rings. The average Bonchev–Trinajstić information content (AvgIpc) is 2.32. The molecule has 2 rings (SSSR count). The number of aromatic nitrogens is 1. The number of hydrogen-bond donors (Lipinski definition) is 0. The van der Waals surface area contributed by atoms with Crippen molar-refractivity contribution in [3.63, 3.8) is 0 Å². The molecule has 15 heavy (non-hydrogen) atoms. The number of rotatable bonds is 4. The summed E-state index contributed by atoms with van der Waals surface area (Å²) < 4.78 is 10.4. The molecule has 0 bridgehead atoms. The largest absolute Gasteiger partial charge is 0.659 e. The Labute approximate surface area is 89.0 Å². The van der Waals surface area contributed by atoms with Crippen molar-refractivity contribution in [2.45, 2.75) is 0 Å². The second-order valence-electron chi connectivity index (χ2n) is 2.81. The molecule has 0 aliphatic carbocycles. The van der Waals surface area contributed by atoms with E-state index in [0.717, 1.165) is 5.75 Å². The molecule has 4 heteroatoms. The van der Waals surface area contributed by atoms with E-state index in [-0.39, 0.29) is 0 Å². The van der Waals surface area contributed by atoms with Crippen LogP contribution in [0.15, 0.2) is 54.7 Å². The van der Waals surface area contributed by atoms with Crippen LogP contribution in [0.5, 0.6) is 11.6 Å². The van der Waals surface area contributed by atoms with Crippen LogP contribution in [0.4, 0.5) is 0 Å². The van der Waals surface area contributed by atoms with Gasteiger partial charge in [-0.2, -0.15) is 0 Å². The van der Waals surface area contributed by atoms with Crippen molar-refractivity contribution in [1.82, 2.24) is 4.98 Å². The van der Waals surface area contributed by atoms with E-state index in [0.29, 0.717) is 5.88 Å². The van der Waals surface area contributed by atoms with Crippen LogP contribution in [0.3, 0.4) is 0 Å². The Balaban J connectivity index is 1.81. The zero-order valence-electron chi connectivity index (χ0n) is 8.04. The van der Waals surface area contributed by atoms with Crippen LogP contribution in [0.2, 0.25) is 0 Å². The summed E-state index contributed by atoms with van der Waals surface area (Å²) in [6.07, 6.45) is 1.66. The molecular weight excluding hydrogens is 189 g/mol. The molecule has 1 aromatic heterocycles. The summed E-state index contributed by atoms with van der Waals surface area (Å²) in [7, 11) is 1.26. The maximum absolute atomic E-state index is 5.22. The Bertz CT molecular complexity index is 354. The van der Waals surface area contributed by atoms with E-state index >= 15 is 0 Å². The van der Waals surface area contributed by atoms with Crippen molar-refractivity contribution in [2.75, 3.05) is 0 Å². The topological polar surface area (TPSA) is 31.4 Å². The lowest BCUT2D eigenvalue weighted by Gasteiger charge is -2.04. The number of nitrogens with zero attached hydrogens (tertiary/aromatic N) is 1. The fourth-order valence-corrected chi connectivity index (χ4v) is 1.04. The van der Waals surface area contributed by atoms with Crippen LogP contribution in [-0.2, 0) is 0 Å². The van der Waals surface area contributed by atoms with Crippen LogP contribution in [0.25, 0.3) is 0 Å². The van der Waals surface area contributed by atoms with E-state index in [4.69, 9.17) is 9.31 Å². The van der Waals surface area contributed by atoms with Gasteiger partial charge in [-0.1, -0.05) is 24.3 Å². The smallest absolute Gasteiger partial charge is 0.526 e. The standard InChI is InChI=1S/C11H9BNO2/c1-2-6-10(7-3-1)14-12-15-11-8-4-5-9-13-11/h1-9H. The third-order valence-corrected chi connectivity index (χ3v) is 1.73. The Kier molecular flexibility index (Phi) is 3.23. The summed E-state index contributed by atoms with van der Waals surface area (Å²) in [5, 5.41) is 0. The molecule has 1 aromatic carbocycles. The van der Waals surface area contributed by atoms with Gasteiger partial charge in [-0.3, -0.25) is 0 Å². The Morgan fingerprint density at radius 3 is 2.40 bits per heavy atom. The van der Waals surface area contributed by atoms with Gasteiger partial charge in [-0.25, -0.2) is 4.98 Å². The molecule has 0 amide bonds. The van der Waals surface area contributed by atoms with Crippen molar-refractivity contribution in [1.29, 1.82) is 0 Å². The minimum atomic E-state index is 0.508. The van der Waals surface area contributed by atoms with Gasteiger partial charge in [0.25, 0.3) is 0 Å². The minimum absolute atomic E-state index is 0.508. The molecule has 0 spiro atoms. The van der Waals surface area contributed by atoms with E-state index in [1.807, 2.05) is 42.5 Å². The van der Waals surface area contributed by atoms with E-state index in [9.17, 15) is 0 Å². The number of para-hydroxylation sites is 1. The molecule has 0 atom stereocenters.